The number of rotatable bonds is 3. The van der Waals surface area contributed by atoms with Gasteiger partial charge in [-0.05, 0) is 34.9 Å². The van der Waals surface area contributed by atoms with E-state index in [1.807, 2.05) is 53.4 Å². The lowest BCUT2D eigenvalue weighted by atomic mass is 9.86. The molecule has 0 unspecified atom stereocenters. The van der Waals surface area contributed by atoms with E-state index in [0.29, 0.717) is 24.5 Å². The number of aromatic nitrogens is 1. The maximum Gasteiger partial charge on any atom is 0.245 e. The van der Waals surface area contributed by atoms with E-state index in [1.54, 1.807) is 11.9 Å². The molecule has 4 aromatic rings. The van der Waals surface area contributed by atoms with Crippen LogP contribution in [0.3, 0.4) is 0 Å². The number of ether oxygens (including phenoxy) is 2. The van der Waals surface area contributed by atoms with Gasteiger partial charge in [-0.15, -0.1) is 0 Å². The highest BCUT2D eigenvalue weighted by Gasteiger charge is 2.48. The predicted molar refractivity (Wildman–Crippen MR) is 134 cm³/mol. The molecule has 3 aliphatic heterocycles. The van der Waals surface area contributed by atoms with Crippen molar-refractivity contribution in [2.75, 3.05) is 20.4 Å². The summed E-state index contributed by atoms with van der Waals surface area (Å²) in [6, 6.07) is 23.6. The molecule has 2 atom stereocenters. The van der Waals surface area contributed by atoms with E-state index in [0.717, 1.165) is 27.7 Å². The number of nitrogens with zero attached hydrogens (tertiary/aromatic N) is 3. The summed E-state index contributed by atoms with van der Waals surface area (Å²) >= 11 is 0. The molecular weight excluding hydrogens is 454 g/mol. The number of hydrogen-bond donors (Lipinski definition) is 0. The molecule has 3 aromatic carbocycles. The molecule has 36 heavy (non-hydrogen) atoms. The molecule has 0 spiro atoms. The summed E-state index contributed by atoms with van der Waals surface area (Å²) < 4.78 is 13.6. The maximum atomic E-state index is 13.6. The zero-order valence-corrected chi connectivity index (χ0v) is 19.9. The average molecular weight is 480 g/mol. The molecule has 2 amide bonds. The van der Waals surface area contributed by atoms with Gasteiger partial charge in [0.2, 0.25) is 18.6 Å². The molecule has 1 fully saturated rings. The molecule has 1 aromatic heterocycles. The molecule has 4 heterocycles. The largest absolute Gasteiger partial charge is 0.454 e. The minimum atomic E-state index is -0.546. The minimum absolute atomic E-state index is 0.0223. The first-order valence-corrected chi connectivity index (χ1v) is 12.2. The SMILES string of the molecule is CN1CC(=O)N2[C@H](c3ccc4c(c3)OCO4)c3c(c4ccccc4n3Cc3ccccc3)C[C@@H]2C1=O. The Bertz CT molecular complexity index is 1530. The zero-order valence-electron chi connectivity index (χ0n) is 19.9. The third kappa shape index (κ3) is 3.05. The fraction of sp³-hybridized carbons (Fsp3) is 0.241. The molecule has 7 rings (SSSR count). The van der Waals surface area contributed by atoms with Crippen molar-refractivity contribution in [2.24, 2.45) is 0 Å². The van der Waals surface area contributed by atoms with Crippen molar-refractivity contribution in [1.82, 2.24) is 14.4 Å². The van der Waals surface area contributed by atoms with Gasteiger partial charge in [-0.1, -0.05) is 54.6 Å². The van der Waals surface area contributed by atoms with Crippen LogP contribution in [0.25, 0.3) is 10.9 Å². The van der Waals surface area contributed by atoms with E-state index in [1.165, 1.54) is 5.56 Å². The second-order valence-corrected chi connectivity index (χ2v) is 9.68. The highest BCUT2D eigenvalue weighted by atomic mass is 16.7. The molecule has 180 valence electrons. The molecular formula is C29H25N3O4. The quantitative estimate of drug-likeness (QED) is 0.449. The van der Waals surface area contributed by atoms with Crippen molar-refractivity contribution >= 4 is 22.7 Å². The second kappa shape index (κ2) is 7.88. The Morgan fingerprint density at radius 1 is 0.917 bits per heavy atom. The van der Waals surface area contributed by atoms with Gasteiger partial charge in [-0.3, -0.25) is 9.59 Å². The van der Waals surface area contributed by atoms with Crippen molar-refractivity contribution < 1.29 is 19.1 Å². The lowest BCUT2D eigenvalue weighted by Gasteiger charge is -2.46. The monoisotopic (exact) mass is 479 g/mol. The minimum Gasteiger partial charge on any atom is -0.454 e. The normalized spacial score (nSPS) is 20.6. The molecule has 7 nitrogen and oxygen atoms in total. The predicted octanol–water partition coefficient (Wildman–Crippen LogP) is 3.73. The maximum absolute atomic E-state index is 13.6. The van der Waals surface area contributed by atoms with E-state index in [9.17, 15) is 9.59 Å². The summed E-state index contributed by atoms with van der Waals surface area (Å²) in [5.41, 5.74) is 5.37. The van der Waals surface area contributed by atoms with Gasteiger partial charge in [0.05, 0.1) is 12.6 Å². The Kier molecular flexibility index (Phi) is 4.61. The first-order chi connectivity index (χ1) is 17.6. The van der Waals surface area contributed by atoms with Gasteiger partial charge in [0.25, 0.3) is 0 Å². The lowest BCUT2D eigenvalue weighted by Crippen LogP contribution is -2.62. The summed E-state index contributed by atoms with van der Waals surface area (Å²) in [7, 11) is 1.71. The van der Waals surface area contributed by atoms with Crippen molar-refractivity contribution in [1.29, 1.82) is 0 Å². The van der Waals surface area contributed by atoms with Crippen molar-refractivity contribution in [3.05, 3.63) is 95.2 Å². The van der Waals surface area contributed by atoms with E-state index in [2.05, 4.69) is 28.8 Å². The van der Waals surface area contributed by atoms with Gasteiger partial charge in [0, 0.05) is 36.6 Å². The van der Waals surface area contributed by atoms with E-state index >= 15 is 0 Å². The highest BCUT2D eigenvalue weighted by molar-refractivity contribution is 5.97. The molecule has 7 heteroatoms. The number of fused-ring (bicyclic) bond motifs is 5. The van der Waals surface area contributed by atoms with Gasteiger partial charge in [0.15, 0.2) is 11.5 Å². The van der Waals surface area contributed by atoms with Crippen molar-refractivity contribution in [3.8, 4) is 11.5 Å². The molecule has 1 saturated heterocycles. The van der Waals surface area contributed by atoms with Gasteiger partial charge in [0.1, 0.15) is 6.04 Å². The molecule has 0 saturated carbocycles. The highest BCUT2D eigenvalue weighted by Crippen LogP contribution is 2.46. The number of carbonyl (C=O) groups excluding carboxylic acids is 2. The zero-order chi connectivity index (χ0) is 24.4. The average Bonchev–Trinajstić information content (AvgIpc) is 3.49. The second-order valence-electron chi connectivity index (χ2n) is 9.68. The van der Waals surface area contributed by atoms with E-state index < -0.39 is 12.1 Å². The van der Waals surface area contributed by atoms with Crippen LogP contribution >= 0.6 is 0 Å². The summed E-state index contributed by atoms with van der Waals surface area (Å²) in [6.45, 7) is 0.917. The topological polar surface area (TPSA) is 64.0 Å². The van der Waals surface area contributed by atoms with Gasteiger partial charge in [-0.25, -0.2) is 0 Å². The Hall–Kier alpha value is -4.26. The number of piperazine rings is 1. The first-order valence-electron chi connectivity index (χ1n) is 12.2. The number of carbonyl (C=O) groups is 2. The van der Waals surface area contributed by atoms with Crippen LogP contribution in [0.4, 0.5) is 0 Å². The van der Waals surface area contributed by atoms with Gasteiger partial charge < -0.3 is 23.8 Å². The third-order valence-corrected chi connectivity index (χ3v) is 7.61. The third-order valence-electron chi connectivity index (χ3n) is 7.61. The number of hydrogen-bond acceptors (Lipinski definition) is 4. The van der Waals surface area contributed by atoms with Crippen LogP contribution in [-0.2, 0) is 22.6 Å². The van der Waals surface area contributed by atoms with Crippen LogP contribution in [0, 0.1) is 0 Å². The fourth-order valence-electron chi connectivity index (χ4n) is 6.00. The van der Waals surface area contributed by atoms with Crippen molar-refractivity contribution in [2.45, 2.75) is 25.0 Å². The Morgan fingerprint density at radius 3 is 2.56 bits per heavy atom. The summed E-state index contributed by atoms with van der Waals surface area (Å²) in [5.74, 6) is 1.28. The number of likely N-dealkylation sites (N-methyl/N-ethyl adjacent to an activating group) is 1. The van der Waals surface area contributed by atoms with Crippen LogP contribution in [-0.4, -0.2) is 52.6 Å². The molecule has 0 bridgehead atoms. The standard InChI is InChI=1S/C29H25N3O4/c1-30-16-26(33)32-23(29(30)34)14-21-20-9-5-6-10-22(20)31(15-18-7-3-2-4-8-18)28(21)27(32)19-11-12-24-25(13-19)36-17-35-24/h2-13,23,27H,14-17H2,1H3/t23-,27-/m1/s1. The molecule has 0 N–H and O–H groups in total. The van der Waals surface area contributed by atoms with Gasteiger partial charge in [-0.2, -0.15) is 0 Å². The Balaban J connectivity index is 1.50. The van der Waals surface area contributed by atoms with Crippen LogP contribution in [0.1, 0.15) is 28.4 Å². The Morgan fingerprint density at radius 2 is 1.69 bits per heavy atom. The van der Waals surface area contributed by atoms with E-state index in [4.69, 9.17) is 9.47 Å². The number of benzene rings is 3. The van der Waals surface area contributed by atoms with Crippen LogP contribution in [0.2, 0.25) is 0 Å². The first kappa shape index (κ1) is 21.1. The smallest absolute Gasteiger partial charge is 0.245 e. The summed E-state index contributed by atoms with van der Waals surface area (Å²) in [4.78, 5) is 30.3. The molecule has 0 aliphatic carbocycles. The van der Waals surface area contributed by atoms with E-state index in [-0.39, 0.29) is 25.2 Å². The number of para-hydroxylation sites is 1. The summed E-state index contributed by atoms with van der Waals surface area (Å²) in [6.07, 6.45) is 0.494. The summed E-state index contributed by atoms with van der Waals surface area (Å²) in [5, 5.41) is 1.13. The lowest BCUT2D eigenvalue weighted by molar-refractivity contribution is -0.157. The fourth-order valence-corrected chi connectivity index (χ4v) is 6.00. The molecule has 0 radical (unpaired) electrons. The van der Waals surface area contributed by atoms with Crippen LogP contribution in [0.5, 0.6) is 11.5 Å². The van der Waals surface area contributed by atoms with Crippen LogP contribution < -0.4 is 9.47 Å². The van der Waals surface area contributed by atoms with Crippen molar-refractivity contribution in [3.63, 3.8) is 0 Å². The van der Waals surface area contributed by atoms with Crippen LogP contribution in [0.15, 0.2) is 72.8 Å². The van der Waals surface area contributed by atoms with Gasteiger partial charge >= 0.3 is 0 Å². The number of amides is 2. The Labute approximate surface area is 208 Å². The molecule has 3 aliphatic rings.